The van der Waals surface area contributed by atoms with Gasteiger partial charge in [-0.15, -0.1) is 0 Å². The Morgan fingerprint density at radius 3 is 3.00 bits per heavy atom. The third-order valence-electron chi connectivity index (χ3n) is 3.80. The zero-order chi connectivity index (χ0) is 15.7. The molecule has 1 fully saturated rings. The summed E-state index contributed by atoms with van der Waals surface area (Å²) in [6.45, 7) is 5.10. The molecule has 116 valence electrons. The first kappa shape index (κ1) is 15.1. The van der Waals surface area contributed by atoms with Crippen LogP contribution in [0.2, 0.25) is 5.02 Å². The van der Waals surface area contributed by atoms with Crippen molar-refractivity contribution in [1.82, 2.24) is 15.1 Å². The molecule has 2 heterocycles. The number of aromatic nitrogens is 2. The van der Waals surface area contributed by atoms with Crippen LogP contribution in [-0.4, -0.2) is 46.3 Å². The van der Waals surface area contributed by atoms with Crippen LogP contribution >= 0.6 is 11.6 Å². The number of nitrogens with one attached hydrogen (secondary N) is 1. The second-order valence-electron chi connectivity index (χ2n) is 5.63. The van der Waals surface area contributed by atoms with Crippen molar-refractivity contribution in [2.24, 2.45) is 0 Å². The maximum Gasteiger partial charge on any atom is 0.272 e. The van der Waals surface area contributed by atoms with Crippen LogP contribution in [0.5, 0.6) is 0 Å². The van der Waals surface area contributed by atoms with Gasteiger partial charge in [-0.3, -0.25) is 9.89 Å². The number of rotatable bonds is 2. The normalized spacial score (nSPS) is 21.9. The minimum atomic E-state index is -0.0524. The number of morpholine rings is 1. The number of hydrogen-bond donors (Lipinski definition) is 1. The van der Waals surface area contributed by atoms with Crippen LogP contribution in [0.4, 0.5) is 0 Å². The van der Waals surface area contributed by atoms with E-state index < -0.39 is 0 Å². The maximum absolute atomic E-state index is 12.6. The lowest BCUT2D eigenvalue weighted by atomic mass is 10.1. The highest BCUT2D eigenvalue weighted by Gasteiger charge is 2.29. The van der Waals surface area contributed by atoms with Crippen LogP contribution in [0.1, 0.15) is 24.3 Å². The largest absolute Gasteiger partial charge is 0.375 e. The molecule has 1 N–H and O–H groups in total. The van der Waals surface area contributed by atoms with E-state index in [-0.39, 0.29) is 18.1 Å². The lowest BCUT2D eigenvalue weighted by Crippen LogP contribution is -2.50. The number of nitrogens with zero attached hydrogens (tertiary/aromatic N) is 2. The van der Waals surface area contributed by atoms with Gasteiger partial charge in [0.15, 0.2) is 0 Å². The van der Waals surface area contributed by atoms with Crippen LogP contribution in [0.3, 0.4) is 0 Å². The van der Waals surface area contributed by atoms with Gasteiger partial charge in [-0.25, -0.2) is 0 Å². The van der Waals surface area contributed by atoms with Gasteiger partial charge in [0.05, 0.1) is 24.4 Å². The number of ether oxygens (including phenoxy) is 1. The summed E-state index contributed by atoms with van der Waals surface area (Å²) >= 11 is 5.99. The summed E-state index contributed by atoms with van der Waals surface area (Å²) in [6.07, 6.45) is 0.0514. The van der Waals surface area contributed by atoms with E-state index in [4.69, 9.17) is 16.3 Å². The van der Waals surface area contributed by atoms with Crippen LogP contribution in [-0.2, 0) is 4.74 Å². The predicted molar refractivity (Wildman–Crippen MR) is 84.9 cm³/mol. The molecule has 1 aliphatic heterocycles. The monoisotopic (exact) mass is 319 g/mol. The topological polar surface area (TPSA) is 58.2 Å². The average Bonchev–Trinajstić information content (AvgIpc) is 2.99. The molecule has 0 aliphatic carbocycles. The van der Waals surface area contributed by atoms with Crippen LogP contribution in [0.25, 0.3) is 11.3 Å². The molecule has 0 unspecified atom stereocenters. The molecule has 1 amide bonds. The van der Waals surface area contributed by atoms with Crippen molar-refractivity contribution in [3.63, 3.8) is 0 Å². The van der Waals surface area contributed by atoms with E-state index in [9.17, 15) is 4.79 Å². The fraction of sp³-hybridized carbons (Fsp3) is 0.375. The molecule has 1 aromatic heterocycles. The fourth-order valence-electron chi connectivity index (χ4n) is 2.57. The molecular weight excluding hydrogens is 302 g/mol. The smallest absolute Gasteiger partial charge is 0.272 e. The number of H-pyrrole nitrogens is 1. The van der Waals surface area contributed by atoms with E-state index in [1.807, 2.05) is 36.9 Å². The van der Waals surface area contributed by atoms with Crippen molar-refractivity contribution in [1.29, 1.82) is 0 Å². The Balaban J connectivity index is 1.82. The second kappa shape index (κ2) is 6.10. The molecule has 3 rings (SSSR count). The van der Waals surface area contributed by atoms with Gasteiger partial charge in [-0.05, 0) is 32.0 Å². The molecule has 6 heteroatoms. The van der Waals surface area contributed by atoms with Crippen molar-refractivity contribution in [3.8, 4) is 11.3 Å². The zero-order valence-corrected chi connectivity index (χ0v) is 13.3. The minimum absolute atomic E-state index is 0.0514. The Labute approximate surface area is 134 Å². The second-order valence-corrected chi connectivity index (χ2v) is 6.06. The van der Waals surface area contributed by atoms with Gasteiger partial charge in [0, 0.05) is 17.1 Å². The molecule has 0 bridgehead atoms. The Kier molecular flexibility index (Phi) is 4.18. The van der Waals surface area contributed by atoms with Gasteiger partial charge in [0.2, 0.25) is 0 Å². The van der Waals surface area contributed by atoms with Gasteiger partial charge < -0.3 is 9.64 Å². The number of amides is 1. The summed E-state index contributed by atoms with van der Waals surface area (Å²) in [4.78, 5) is 14.5. The number of carbonyl (C=O) groups is 1. The Morgan fingerprint density at radius 1 is 1.41 bits per heavy atom. The van der Waals surface area contributed by atoms with Gasteiger partial charge in [-0.2, -0.15) is 5.10 Å². The van der Waals surface area contributed by atoms with Crippen molar-refractivity contribution in [2.45, 2.75) is 26.0 Å². The van der Waals surface area contributed by atoms with Gasteiger partial charge in [0.25, 0.3) is 5.91 Å². The lowest BCUT2D eigenvalue weighted by molar-refractivity contribution is -0.0389. The SMILES string of the molecule is C[C@@H]1CN(C(=O)c2cc(-c3cccc(Cl)c3)n[nH]2)[C@H](C)CO1. The highest BCUT2D eigenvalue weighted by atomic mass is 35.5. The zero-order valence-electron chi connectivity index (χ0n) is 12.5. The van der Waals surface area contributed by atoms with Crippen molar-refractivity contribution < 1.29 is 9.53 Å². The maximum atomic E-state index is 12.6. The van der Waals surface area contributed by atoms with Gasteiger partial charge >= 0.3 is 0 Å². The highest BCUT2D eigenvalue weighted by molar-refractivity contribution is 6.30. The van der Waals surface area contributed by atoms with Crippen molar-refractivity contribution in [2.75, 3.05) is 13.2 Å². The van der Waals surface area contributed by atoms with Gasteiger partial charge in [0.1, 0.15) is 5.69 Å². The summed E-state index contributed by atoms with van der Waals surface area (Å²) in [5, 5.41) is 7.70. The Hall–Kier alpha value is -1.85. The van der Waals surface area contributed by atoms with Crippen molar-refractivity contribution in [3.05, 3.63) is 41.0 Å². The predicted octanol–water partition coefficient (Wildman–Crippen LogP) is 2.98. The first-order valence-electron chi connectivity index (χ1n) is 7.28. The van der Waals surface area contributed by atoms with E-state index in [1.54, 1.807) is 12.1 Å². The Bertz CT molecular complexity index is 686. The van der Waals surface area contributed by atoms with Crippen LogP contribution < -0.4 is 0 Å². The summed E-state index contributed by atoms with van der Waals surface area (Å²) in [5.41, 5.74) is 2.07. The quantitative estimate of drug-likeness (QED) is 0.925. The molecule has 2 aromatic rings. The number of benzene rings is 1. The number of halogens is 1. The summed E-state index contributed by atoms with van der Waals surface area (Å²) in [6, 6.07) is 9.23. The molecule has 0 saturated carbocycles. The third-order valence-corrected chi connectivity index (χ3v) is 4.03. The molecule has 1 saturated heterocycles. The van der Waals surface area contributed by atoms with Crippen LogP contribution in [0, 0.1) is 0 Å². The first-order chi connectivity index (χ1) is 10.5. The van der Waals surface area contributed by atoms with E-state index in [2.05, 4.69) is 10.2 Å². The summed E-state index contributed by atoms with van der Waals surface area (Å²) in [5.74, 6) is -0.0524. The first-order valence-corrected chi connectivity index (χ1v) is 7.66. The molecule has 0 radical (unpaired) electrons. The third kappa shape index (κ3) is 3.00. The van der Waals surface area contributed by atoms with E-state index in [1.165, 1.54) is 0 Å². The standard InChI is InChI=1S/C16H18ClN3O2/c1-10-9-22-11(2)8-20(10)16(21)15-7-14(18-19-15)12-4-3-5-13(17)6-12/h3-7,10-11H,8-9H2,1-2H3,(H,18,19)/t10-,11-/m1/s1. The molecule has 5 nitrogen and oxygen atoms in total. The van der Waals surface area contributed by atoms with Gasteiger partial charge in [-0.1, -0.05) is 23.7 Å². The molecule has 22 heavy (non-hydrogen) atoms. The van der Waals surface area contributed by atoms with E-state index in [0.717, 1.165) is 5.56 Å². The molecule has 1 aliphatic rings. The highest BCUT2D eigenvalue weighted by Crippen LogP contribution is 2.22. The summed E-state index contributed by atoms with van der Waals surface area (Å²) in [7, 11) is 0. The summed E-state index contributed by atoms with van der Waals surface area (Å²) < 4.78 is 5.56. The average molecular weight is 320 g/mol. The van der Waals surface area contributed by atoms with Crippen molar-refractivity contribution >= 4 is 17.5 Å². The van der Waals surface area contributed by atoms with E-state index in [0.29, 0.717) is 29.6 Å². The number of aromatic amines is 1. The Morgan fingerprint density at radius 2 is 2.23 bits per heavy atom. The number of hydrogen-bond acceptors (Lipinski definition) is 3. The number of carbonyl (C=O) groups excluding carboxylic acids is 1. The van der Waals surface area contributed by atoms with E-state index >= 15 is 0 Å². The molecule has 1 aromatic carbocycles. The minimum Gasteiger partial charge on any atom is -0.375 e. The molecule has 0 spiro atoms. The van der Waals surface area contributed by atoms with Crippen LogP contribution in [0.15, 0.2) is 30.3 Å². The lowest BCUT2D eigenvalue weighted by Gasteiger charge is -2.36. The fourth-order valence-corrected chi connectivity index (χ4v) is 2.76. The molecular formula is C16H18ClN3O2. The molecule has 2 atom stereocenters.